The normalized spacial score (nSPS) is 32.1. The first-order chi connectivity index (χ1) is 6.29. The highest BCUT2D eigenvalue weighted by Crippen LogP contribution is 2.21. The van der Waals surface area contributed by atoms with Crippen LogP contribution in [-0.2, 0) is 0 Å². The maximum Gasteiger partial charge on any atom is 0.168 e. The van der Waals surface area contributed by atoms with E-state index in [-0.39, 0.29) is 5.41 Å². The van der Waals surface area contributed by atoms with Crippen molar-refractivity contribution in [2.24, 2.45) is 5.41 Å². The van der Waals surface area contributed by atoms with E-state index in [0.717, 1.165) is 11.4 Å². The van der Waals surface area contributed by atoms with Crippen molar-refractivity contribution in [2.75, 3.05) is 26.7 Å². The highest BCUT2D eigenvalue weighted by atomic mass is 19.2. The van der Waals surface area contributed by atoms with Crippen LogP contribution in [0.4, 0.5) is 8.78 Å². The minimum atomic E-state index is -1.18. The number of hydrogen-bond donors (Lipinski definition) is 0. The fourth-order valence-corrected chi connectivity index (χ4v) is 1.73. The van der Waals surface area contributed by atoms with Crippen LogP contribution in [0.3, 0.4) is 0 Å². The lowest BCUT2D eigenvalue weighted by atomic mass is 9.95. The monoisotopic (exact) mass is 206 g/mol. The van der Waals surface area contributed by atoms with Gasteiger partial charge >= 0.3 is 0 Å². The van der Waals surface area contributed by atoms with Crippen molar-refractivity contribution in [1.82, 2.24) is 9.80 Å². The smallest absolute Gasteiger partial charge is 0.168 e. The van der Waals surface area contributed by atoms with Crippen LogP contribution in [0.1, 0.15) is 20.8 Å². The molecular weight excluding hydrogens is 186 g/mol. The zero-order valence-corrected chi connectivity index (χ0v) is 9.43. The lowest BCUT2D eigenvalue weighted by Crippen LogP contribution is -2.55. The fraction of sp³-hybridized carbons (Fsp3) is 1.00. The third-order valence-electron chi connectivity index (χ3n) is 2.40. The van der Waals surface area contributed by atoms with E-state index in [1.165, 1.54) is 7.05 Å². The molecule has 14 heavy (non-hydrogen) atoms. The van der Waals surface area contributed by atoms with Crippen LogP contribution >= 0.6 is 0 Å². The van der Waals surface area contributed by atoms with Gasteiger partial charge in [0.2, 0.25) is 0 Å². The summed E-state index contributed by atoms with van der Waals surface area (Å²) in [6, 6.07) is 0. The van der Waals surface area contributed by atoms with Gasteiger partial charge in [-0.1, -0.05) is 20.8 Å². The van der Waals surface area contributed by atoms with E-state index in [4.69, 9.17) is 0 Å². The molecule has 0 N–H and O–H groups in total. The van der Waals surface area contributed by atoms with E-state index in [2.05, 4.69) is 20.8 Å². The largest absolute Gasteiger partial charge is 0.294 e. The second-order valence-electron chi connectivity index (χ2n) is 5.29. The molecule has 2 unspecified atom stereocenters. The number of rotatable bonds is 1. The average molecular weight is 206 g/mol. The van der Waals surface area contributed by atoms with E-state index >= 15 is 0 Å². The second kappa shape index (κ2) is 4.11. The molecular formula is C10H20F2N2. The molecule has 1 saturated heterocycles. The van der Waals surface area contributed by atoms with E-state index in [1.54, 1.807) is 0 Å². The zero-order chi connectivity index (χ0) is 10.9. The Morgan fingerprint density at radius 3 is 1.93 bits per heavy atom. The van der Waals surface area contributed by atoms with E-state index in [0.29, 0.717) is 13.1 Å². The summed E-state index contributed by atoms with van der Waals surface area (Å²) in [6.45, 7) is 7.59. The molecule has 0 saturated carbocycles. The molecule has 1 fully saturated rings. The third kappa shape index (κ3) is 3.17. The highest BCUT2D eigenvalue weighted by molar-refractivity contribution is 4.79. The Hall–Kier alpha value is -0.220. The number of nitrogens with zero attached hydrogens (tertiary/aromatic N) is 2. The van der Waals surface area contributed by atoms with Crippen molar-refractivity contribution in [3.05, 3.63) is 0 Å². The van der Waals surface area contributed by atoms with Gasteiger partial charge in [0.25, 0.3) is 0 Å². The quantitative estimate of drug-likeness (QED) is 0.604. The van der Waals surface area contributed by atoms with Crippen LogP contribution in [-0.4, -0.2) is 49.1 Å². The summed E-state index contributed by atoms with van der Waals surface area (Å²) < 4.78 is 26.6. The highest BCUT2D eigenvalue weighted by Gasteiger charge is 2.33. The van der Waals surface area contributed by atoms with E-state index < -0.39 is 12.6 Å². The Morgan fingerprint density at radius 1 is 1.14 bits per heavy atom. The number of hydrogen-bond acceptors (Lipinski definition) is 2. The molecule has 1 aliphatic rings. The summed E-state index contributed by atoms with van der Waals surface area (Å²) in [5.41, 5.74) is 0.0926. The van der Waals surface area contributed by atoms with Crippen LogP contribution in [0, 0.1) is 5.41 Å². The molecule has 0 aromatic rings. The van der Waals surface area contributed by atoms with Gasteiger partial charge in [-0.2, -0.15) is 0 Å². The molecule has 1 aliphatic heterocycles. The van der Waals surface area contributed by atoms with Crippen LogP contribution in [0.5, 0.6) is 0 Å². The van der Waals surface area contributed by atoms with Gasteiger partial charge < -0.3 is 0 Å². The lowest BCUT2D eigenvalue weighted by molar-refractivity contribution is -0.0785. The maximum atomic E-state index is 13.3. The van der Waals surface area contributed by atoms with Gasteiger partial charge in [0.15, 0.2) is 12.6 Å². The van der Waals surface area contributed by atoms with Crippen LogP contribution < -0.4 is 0 Å². The summed E-state index contributed by atoms with van der Waals surface area (Å²) >= 11 is 0. The van der Waals surface area contributed by atoms with E-state index in [9.17, 15) is 8.78 Å². The van der Waals surface area contributed by atoms with Crippen molar-refractivity contribution >= 4 is 0 Å². The minimum absolute atomic E-state index is 0.0926. The number of alkyl halides is 2. The van der Waals surface area contributed by atoms with E-state index in [1.807, 2.05) is 4.90 Å². The Bertz CT molecular complexity index is 179. The van der Waals surface area contributed by atoms with Crippen molar-refractivity contribution < 1.29 is 8.78 Å². The standard InChI is InChI=1S/C10H20F2N2/c1-10(2,3)7-14-5-8(11)13(4)9(12)6-14/h8-9H,5-7H2,1-4H3. The van der Waals surface area contributed by atoms with Crippen LogP contribution in [0.15, 0.2) is 0 Å². The molecule has 0 aliphatic carbocycles. The van der Waals surface area contributed by atoms with Crippen molar-refractivity contribution in [2.45, 2.75) is 33.4 Å². The van der Waals surface area contributed by atoms with Crippen LogP contribution in [0.25, 0.3) is 0 Å². The summed E-state index contributed by atoms with van der Waals surface area (Å²) in [5.74, 6) is 0. The molecule has 84 valence electrons. The van der Waals surface area contributed by atoms with Gasteiger partial charge in [0.05, 0.1) is 0 Å². The second-order valence-corrected chi connectivity index (χ2v) is 5.29. The first-order valence-corrected chi connectivity index (χ1v) is 5.02. The summed E-state index contributed by atoms with van der Waals surface area (Å²) in [7, 11) is 1.49. The first kappa shape index (κ1) is 11.9. The van der Waals surface area contributed by atoms with Gasteiger partial charge in [0.1, 0.15) is 0 Å². The van der Waals surface area contributed by atoms with Crippen molar-refractivity contribution in [3.8, 4) is 0 Å². The predicted octanol–water partition coefficient (Wildman–Crippen LogP) is 1.87. The molecule has 0 spiro atoms. The maximum absolute atomic E-state index is 13.3. The molecule has 1 heterocycles. The van der Waals surface area contributed by atoms with Gasteiger partial charge in [-0.15, -0.1) is 0 Å². The Kier molecular flexibility index (Phi) is 3.48. The third-order valence-corrected chi connectivity index (χ3v) is 2.40. The molecule has 2 atom stereocenters. The number of piperazine rings is 1. The Morgan fingerprint density at radius 2 is 1.57 bits per heavy atom. The SMILES string of the molecule is CN1C(F)CN(CC(C)(C)C)CC1F. The van der Waals surface area contributed by atoms with Crippen molar-refractivity contribution in [3.63, 3.8) is 0 Å². The van der Waals surface area contributed by atoms with Gasteiger partial charge in [-0.25, -0.2) is 13.7 Å². The number of halogens is 2. The first-order valence-electron chi connectivity index (χ1n) is 5.02. The summed E-state index contributed by atoms with van der Waals surface area (Å²) in [4.78, 5) is 3.01. The number of likely N-dealkylation sites (N-methyl/N-ethyl adjacent to an activating group) is 1. The van der Waals surface area contributed by atoms with Crippen molar-refractivity contribution in [1.29, 1.82) is 0 Å². The zero-order valence-electron chi connectivity index (χ0n) is 9.43. The predicted molar refractivity (Wildman–Crippen MR) is 53.5 cm³/mol. The Balaban J connectivity index is 2.50. The van der Waals surface area contributed by atoms with Crippen LogP contribution in [0.2, 0.25) is 0 Å². The molecule has 0 radical (unpaired) electrons. The molecule has 4 heteroatoms. The fourth-order valence-electron chi connectivity index (χ4n) is 1.73. The Labute approximate surface area is 84.9 Å². The molecule has 0 bridgehead atoms. The summed E-state index contributed by atoms with van der Waals surface area (Å²) in [6.07, 6.45) is -2.36. The molecule has 0 aromatic carbocycles. The molecule has 0 amide bonds. The molecule has 0 aromatic heterocycles. The van der Waals surface area contributed by atoms with Gasteiger partial charge in [-0.3, -0.25) is 4.90 Å². The summed E-state index contributed by atoms with van der Waals surface area (Å²) in [5, 5.41) is 0. The minimum Gasteiger partial charge on any atom is -0.294 e. The average Bonchev–Trinajstić information content (AvgIpc) is 1.96. The molecule has 2 nitrogen and oxygen atoms in total. The molecule has 1 rings (SSSR count). The van der Waals surface area contributed by atoms with Gasteiger partial charge in [0, 0.05) is 19.6 Å². The topological polar surface area (TPSA) is 6.48 Å². The lowest BCUT2D eigenvalue weighted by Gasteiger charge is -2.40. The van der Waals surface area contributed by atoms with Gasteiger partial charge in [-0.05, 0) is 12.5 Å².